The van der Waals surface area contributed by atoms with E-state index in [1.165, 1.54) is 11.1 Å². The molecule has 0 unspecified atom stereocenters. The molecule has 3 heteroatoms. The zero-order chi connectivity index (χ0) is 17.9. The summed E-state index contributed by atoms with van der Waals surface area (Å²) in [7, 11) is 0. The molecule has 1 heterocycles. The number of aromatic nitrogens is 2. The van der Waals surface area contributed by atoms with Crippen LogP contribution in [0.3, 0.4) is 0 Å². The van der Waals surface area contributed by atoms with Gasteiger partial charge in [0.15, 0.2) is 0 Å². The van der Waals surface area contributed by atoms with Crippen LogP contribution in [-0.2, 0) is 12.0 Å². The van der Waals surface area contributed by atoms with E-state index in [2.05, 4.69) is 62.6 Å². The van der Waals surface area contributed by atoms with Gasteiger partial charge in [0, 0.05) is 12.0 Å². The number of fused-ring (bicyclic) bond motifs is 1. The van der Waals surface area contributed by atoms with E-state index in [0.29, 0.717) is 0 Å². The third-order valence-electron chi connectivity index (χ3n) is 4.45. The van der Waals surface area contributed by atoms with E-state index in [1.54, 1.807) is 0 Å². The van der Waals surface area contributed by atoms with Crippen molar-refractivity contribution in [2.24, 2.45) is 0 Å². The van der Waals surface area contributed by atoms with Gasteiger partial charge in [-0.25, -0.2) is 4.98 Å². The molecule has 3 rings (SSSR count). The van der Waals surface area contributed by atoms with Crippen LogP contribution in [0.4, 0.5) is 0 Å². The predicted octanol–water partition coefficient (Wildman–Crippen LogP) is 5.50. The first-order valence-electron chi connectivity index (χ1n) is 9.11. The van der Waals surface area contributed by atoms with Gasteiger partial charge in [0.1, 0.15) is 11.6 Å². The fraction of sp³-hybridized carbons (Fsp3) is 0.409. The van der Waals surface area contributed by atoms with Crippen LogP contribution in [0.25, 0.3) is 11.0 Å². The Morgan fingerprint density at radius 1 is 0.960 bits per heavy atom. The maximum absolute atomic E-state index is 5.92. The molecule has 0 aliphatic carbocycles. The first kappa shape index (κ1) is 17.5. The fourth-order valence-electron chi connectivity index (χ4n) is 3.15. The van der Waals surface area contributed by atoms with E-state index in [9.17, 15) is 0 Å². The van der Waals surface area contributed by atoms with Gasteiger partial charge in [0.25, 0.3) is 0 Å². The highest BCUT2D eigenvalue weighted by Crippen LogP contribution is 2.26. The van der Waals surface area contributed by atoms with Gasteiger partial charge in [-0.2, -0.15) is 0 Å². The number of para-hydroxylation sites is 3. The zero-order valence-corrected chi connectivity index (χ0v) is 15.7. The van der Waals surface area contributed by atoms with E-state index < -0.39 is 0 Å². The number of hydrogen-bond donors (Lipinski definition) is 0. The molecular weight excluding hydrogens is 308 g/mol. The van der Waals surface area contributed by atoms with Crippen molar-refractivity contribution in [2.45, 2.75) is 52.5 Å². The topological polar surface area (TPSA) is 27.1 Å². The molecule has 0 amide bonds. The molecule has 3 nitrogen and oxygen atoms in total. The van der Waals surface area contributed by atoms with E-state index in [-0.39, 0.29) is 5.41 Å². The number of imidazole rings is 1. The Morgan fingerprint density at radius 2 is 1.68 bits per heavy atom. The van der Waals surface area contributed by atoms with E-state index >= 15 is 0 Å². The van der Waals surface area contributed by atoms with Gasteiger partial charge in [0.2, 0.25) is 0 Å². The smallest absolute Gasteiger partial charge is 0.122 e. The van der Waals surface area contributed by atoms with Gasteiger partial charge in [-0.1, -0.05) is 51.1 Å². The lowest BCUT2D eigenvalue weighted by molar-refractivity contribution is 0.300. The summed E-state index contributed by atoms with van der Waals surface area (Å²) in [6.07, 6.45) is 2.11. The molecule has 0 aliphatic heterocycles. The highest BCUT2D eigenvalue weighted by molar-refractivity contribution is 5.76. The maximum atomic E-state index is 5.92. The molecule has 0 fully saturated rings. The van der Waals surface area contributed by atoms with Crippen molar-refractivity contribution in [3.8, 4) is 5.75 Å². The standard InChI is InChI=1S/C22H28N2O/c1-17-11-5-8-14-20(17)25-16-10-9-15-24-19-13-7-6-12-18(19)23-21(24)22(2,3)4/h5-8,11-14H,9-10,15-16H2,1-4H3. The minimum atomic E-state index is 0.0384. The summed E-state index contributed by atoms with van der Waals surface area (Å²) in [5, 5.41) is 0. The second-order valence-corrected chi connectivity index (χ2v) is 7.65. The van der Waals surface area contributed by atoms with Crippen LogP contribution in [0.1, 0.15) is 45.0 Å². The number of benzene rings is 2. The molecule has 0 saturated carbocycles. The second kappa shape index (κ2) is 7.30. The van der Waals surface area contributed by atoms with Crippen LogP contribution in [0, 0.1) is 6.92 Å². The molecule has 132 valence electrons. The largest absolute Gasteiger partial charge is 0.493 e. The number of nitrogens with zero attached hydrogens (tertiary/aromatic N) is 2. The molecule has 3 aromatic rings. The number of unbranched alkanes of at least 4 members (excludes halogenated alkanes) is 1. The number of aryl methyl sites for hydroxylation is 2. The van der Waals surface area contributed by atoms with E-state index in [0.717, 1.165) is 43.1 Å². The van der Waals surface area contributed by atoms with Gasteiger partial charge in [0.05, 0.1) is 17.6 Å². The SMILES string of the molecule is Cc1ccccc1OCCCCn1c(C(C)(C)C)nc2ccccc21. The summed E-state index contributed by atoms with van der Waals surface area (Å²) < 4.78 is 8.29. The minimum absolute atomic E-state index is 0.0384. The van der Waals surface area contributed by atoms with Gasteiger partial charge in [-0.3, -0.25) is 0 Å². The van der Waals surface area contributed by atoms with Crippen LogP contribution < -0.4 is 4.74 Å². The van der Waals surface area contributed by atoms with Gasteiger partial charge in [-0.15, -0.1) is 0 Å². The first-order valence-corrected chi connectivity index (χ1v) is 9.11. The van der Waals surface area contributed by atoms with E-state index in [1.807, 2.05) is 18.2 Å². The van der Waals surface area contributed by atoms with Crippen LogP contribution in [0.5, 0.6) is 5.75 Å². The Morgan fingerprint density at radius 3 is 2.44 bits per heavy atom. The molecule has 0 aliphatic rings. The minimum Gasteiger partial charge on any atom is -0.493 e. The van der Waals surface area contributed by atoms with Crippen molar-refractivity contribution in [1.29, 1.82) is 0 Å². The van der Waals surface area contributed by atoms with Gasteiger partial charge >= 0.3 is 0 Å². The Bertz CT molecular complexity index is 843. The number of ether oxygens (including phenoxy) is 1. The average molecular weight is 336 g/mol. The van der Waals surface area contributed by atoms with Crippen molar-refractivity contribution >= 4 is 11.0 Å². The molecule has 0 bridgehead atoms. The molecule has 0 saturated heterocycles. The van der Waals surface area contributed by atoms with Crippen molar-refractivity contribution in [3.63, 3.8) is 0 Å². The summed E-state index contributed by atoms with van der Waals surface area (Å²) in [6, 6.07) is 16.6. The molecule has 1 aromatic heterocycles. The van der Waals surface area contributed by atoms with E-state index in [4.69, 9.17) is 9.72 Å². The van der Waals surface area contributed by atoms with Crippen LogP contribution in [-0.4, -0.2) is 16.2 Å². The van der Waals surface area contributed by atoms with Crippen molar-refractivity contribution in [2.75, 3.05) is 6.61 Å². The molecule has 2 aromatic carbocycles. The second-order valence-electron chi connectivity index (χ2n) is 7.65. The Kier molecular flexibility index (Phi) is 5.12. The van der Waals surface area contributed by atoms with Crippen LogP contribution in [0.2, 0.25) is 0 Å². The quantitative estimate of drug-likeness (QED) is 0.556. The van der Waals surface area contributed by atoms with Crippen LogP contribution in [0.15, 0.2) is 48.5 Å². The maximum Gasteiger partial charge on any atom is 0.122 e. The summed E-state index contributed by atoms with van der Waals surface area (Å²) in [4.78, 5) is 4.87. The summed E-state index contributed by atoms with van der Waals surface area (Å²) in [5.41, 5.74) is 3.55. The Labute approximate surface area is 150 Å². The lowest BCUT2D eigenvalue weighted by Gasteiger charge is -2.20. The average Bonchev–Trinajstić information content (AvgIpc) is 2.95. The Balaban J connectivity index is 1.64. The number of hydrogen-bond acceptors (Lipinski definition) is 2. The van der Waals surface area contributed by atoms with Crippen molar-refractivity contribution in [1.82, 2.24) is 9.55 Å². The normalized spacial score (nSPS) is 11.8. The molecule has 0 spiro atoms. The predicted molar refractivity (Wildman–Crippen MR) is 104 cm³/mol. The molecular formula is C22H28N2O. The monoisotopic (exact) mass is 336 g/mol. The third kappa shape index (κ3) is 4.04. The first-order chi connectivity index (χ1) is 12.0. The molecule has 0 radical (unpaired) electrons. The van der Waals surface area contributed by atoms with Crippen molar-refractivity contribution in [3.05, 3.63) is 59.9 Å². The fourth-order valence-corrected chi connectivity index (χ4v) is 3.15. The lowest BCUT2D eigenvalue weighted by atomic mass is 9.95. The molecule has 0 atom stereocenters. The van der Waals surface area contributed by atoms with Gasteiger partial charge in [-0.05, 0) is 43.5 Å². The summed E-state index contributed by atoms with van der Waals surface area (Å²) in [5.74, 6) is 2.15. The third-order valence-corrected chi connectivity index (χ3v) is 4.45. The van der Waals surface area contributed by atoms with Crippen LogP contribution >= 0.6 is 0 Å². The summed E-state index contributed by atoms with van der Waals surface area (Å²) >= 11 is 0. The molecule has 0 N–H and O–H groups in total. The zero-order valence-electron chi connectivity index (χ0n) is 15.7. The highest BCUT2D eigenvalue weighted by Gasteiger charge is 2.22. The molecule has 25 heavy (non-hydrogen) atoms. The lowest BCUT2D eigenvalue weighted by Crippen LogP contribution is -2.19. The number of rotatable bonds is 6. The van der Waals surface area contributed by atoms with Crippen molar-refractivity contribution < 1.29 is 4.74 Å². The van der Waals surface area contributed by atoms with Gasteiger partial charge < -0.3 is 9.30 Å². The summed E-state index contributed by atoms with van der Waals surface area (Å²) in [6.45, 7) is 10.5. The highest BCUT2D eigenvalue weighted by atomic mass is 16.5. The Hall–Kier alpha value is -2.29.